The van der Waals surface area contributed by atoms with Gasteiger partial charge in [0.05, 0.1) is 0 Å². The lowest BCUT2D eigenvalue weighted by molar-refractivity contribution is 0.575. The molecule has 0 bridgehead atoms. The number of aryl methyl sites for hydroxylation is 2. The Hall–Kier alpha value is -0.610. The molecular weight excluding hydrogens is 256 g/mol. The number of pyridine rings is 1. The van der Waals surface area contributed by atoms with Crippen LogP contribution in [-0.2, 0) is 6.54 Å². The van der Waals surface area contributed by atoms with Gasteiger partial charge in [0.2, 0.25) is 0 Å². The Bertz CT molecular complexity index is 373. The summed E-state index contributed by atoms with van der Waals surface area (Å²) in [5.74, 6) is 0. The van der Waals surface area contributed by atoms with Gasteiger partial charge in [0.25, 0.3) is 5.56 Å². The van der Waals surface area contributed by atoms with E-state index in [0.717, 1.165) is 36.0 Å². The molecule has 1 N–H and O–H groups in total. The van der Waals surface area contributed by atoms with Gasteiger partial charge < -0.3 is 9.88 Å². The van der Waals surface area contributed by atoms with Crippen LogP contribution < -0.4 is 10.9 Å². The lowest BCUT2D eigenvalue weighted by Gasteiger charge is -2.07. The van der Waals surface area contributed by atoms with Gasteiger partial charge in [0.15, 0.2) is 0 Å². The van der Waals surface area contributed by atoms with Crippen LogP contribution in [0.1, 0.15) is 18.4 Å². The molecule has 0 radical (unpaired) electrons. The molecule has 0 aliphatic carbocycles. The van der Waals surface area contributed by atoms with E-state index in [1.807, 2.05) is 26.2 Å². The average Bonchev–Trinajstić information content (AvgIpc) is 2.19. The SMILES string of the molecule is CNCCCCn1cc(Br)cc(C)c1=O. The number of nitrogens with zero attached hydrogens (tertiary/aromatic N) is 1. The number of hydrogen-bond donors (Lipinski definition) is 1. The van der Waals surface area contributed by atoms with E-state index in [9.17, 15) is 4.79 Å². The van der Waals surface area contributed by atoms with E-state index in [0.29, 0.717) is 0 Å². The Balaban J connectivity index is 2.64. The van der Waals surface area contributed by atoms with Crippen molar-refractivity contribution in [2.45, 2.75) is 26.3 Å². The number of unbranched alkanes of at least 4 members (excludes halogenated alkanes) is 1. The van der Waals surface area contributed by atoms with Crippen molar-refractivity contribution < 1.29 is 0 Å². The lowest BCUT2D eigenvalue weighted by atomic mass is 10.2. The maximum atomic E-state index is 11.7. The van der Waals surface area contributed by atoms with E-state index in [4.69, 9.17) is 0 Å². The number of hydrogen-bond acceptors (Lipinski definition) is 2. The van der Waals surface area contributed by atoms with Crippen LogP contribution in [-0.4, -0.2) is 18.2 Å². The number of nitrogens with one attached hydrogen (secondary N) is 1. The number of halogens is 1. The third-order valence-electron chi connectivity index (χ3n) is 2.31. The molecular formula is C11H17BrN2O. The molecule has 3 nitrogen and oxygen atoms in total. The molecule has 0 saturated carbocycles. The average molecular weight is 273 g/mol. The zero-order chi connectivity index (χ0) is 11.3. The minimum absolute atomic E-state index is 0.114. The predicted molar refractivity (Wildman–Crippen MR) is 66.3 cm³/mol. The van der Waals surface area contributed by atoms with Crippen molar-refractivity contribution in [1.82, 2.24) is 9.88 Å². The number of aromatic nitrogens is 1. The Morgan fingerprint density at radius 3 is 2.87 bits per heavy atom. The third kappa shape index (κ3) is 3.80. The van der Waals surface area contributed by atoms with Crippen LogP contribution in [0.2, 0.25) is 0 Å². The van der Waals surface area contributed by atoms with E-state index in [1.54, 1.807) is 4.57 Å². The van der Waals surface area contributed by atoms with Gasteiger partial charge in [-0.2, -0.15) is 0 Å². The highest BCUT2D eigenvalue weighted by atomic mass is 79.9. The highest BCUT2D eigenvalue weighted by molar-refractivity contribution is 9.10. The zero-order valence-corrected chi connectivity index (χ0v) is 10.8. The monoisotopic (exact) mass is 272 g/mol. The molecule has 0 aromatic carbocycles. The Kier molecular flexibility index (Phi) is 5.05. The second kappa shape index (κ2) is 6.08. The van der Waals surface area contributed by atoms with Gasteiger partial charge in [0, 0.05) is 22.8 Å². The minimum Gasteiger partial charge on any atom is -0.320 e. The Labute approximate surface area is 98.6 Å². The summed E-state index contributed by atoms with van der Waals surface area (Å²) in [6.45, 7) is 3.64. The first-order valence-electron chi connectivity index (χ1n) is 5.16. The first kappa shape index (κ1) is 12.5. The molecule has 0 atom stereocenters. The maximum Gasteiger partial charge on any atom is 0.253 e. The van der Waals surface area contributed by atoms with E-state index in [1.165, 1.54) is 0 Å². The Morgan fingerprint density at radius 1 is 1.47 bits per heavy atom. The van der Waals surface area contributed by atoms with Crippen LogP contribution in [0.25, 0.3) is 0 Å². The summed E-state index contributed by atoms with van der Waals surface area (Å²) in [4.78, 5) is 11.7. The smallest absolute Gasteiger partial charge is 0.253 e. The van der Waals surface area contributed by atoms with Gasteiger partial charge in [-0.1, -0.05) is 0 Å². The first-order chi connectivity index (χ1) is 7.15. The molecule has 4 heteroatoms. The maximum absolute atomic E-state index is 11.7. The fourth-order valence-corrected chi connectivity index (χ4v) is 2.08. The summed E-state index contributed by atoms with van der Waals surface area (Å²) in [6.07, 6.45) is 3.97. The van der Waals surface area contributed by atoms with Crippen molar-refractivity contribution in [3.8, 4) is 0 Å². The highest BCUT2D eigenvalue weighted by Gasteiger charge is 2.01. The summed E-state index contributed by atoms with van der Waals surface area (Å²) in [7, 11) is 1.94. The first-order valence-corrected chi connectivity index (χ1v) is 5.95. The second-order valence-corrected chi connectivity index (χ2v) is 4.57. The minimum atomic E-state index is 0.114. The van der Waals surface area contributed by atoms with Gasteiger partial charge in [-0.05, 0) is 55.4 Å². The predicted octanol–water partition coefficient (Wildman–Crippen LogP) is 1.92. The molecule has 1 aromatic heterocycles. The molecule has 0 unspecified atom stereocenters. The summed E-state index contributed by atoms with van der Waals surface area (Å²) in [6, 6.07) is 1.85. The molecule has 0 fully saturated rings. The largest absolute Gasteiger partial charge is 0.320 e. The van der Waals surface area contributed by atoms with Crippen LogP contribution in [0, 0.1) is 6.92 Å². The van der Waals surface area contributed by atoms with Crippen LogP contribution in [0.3, 0.4) is 0 Å². The van der Waals surface area contributed by atoms with Crippen molar-refractivity contribution in [3.63, 3.8) is 0 Å². The lowest BCUT2D eigenvalue weighted by Crippen LogP contribution is -2.22. The van der Waals surface area contributed by atoms with Crippen LogP contribution >= 0.6 is 15.9 Å². The van der Waals surface area contributed by atoms with Crippen molar-refractivity contribution in [3.05, 3.63) is 32.7 Å². The van der Waals surface area contributed by atoms with Crippen molar-refractivity contribution in [1.29, 1.82) is 0 Å². The topological polar surface area (TPSA) is 34.0 Å². The van der Waals surface area contributed by atoms with Crippen LogP contribution in [0.15, 0.2) is 21.5 Å². The highest BCUT2D eigenvalue weighted by Crippen LogP contribution is 2.08. The molecule has 0 saturated heterocycles. The Morgan fingerprint density at radius 2 is 2.20 bits per heavy atom. The fourth-order valence-electron chi connectivity index (χ4n) is 1.49. The van der Waals surface area contributed by atoms with Gasteiger partial charge >= 0.3 is 0 Å². The zero-order valence-electron chi connectivity index (χ0n) is 9.22. The summed E-state index contributed by atoms with van der Waals surface area (Å²) >= 11 is 3.40. The summed E-state index contributed by atoms with van der Waals surface area (Å²) in [5.41, 5.74) is 0.903. The quantitative estimate of drug-likeness (QED) is 0.832. The van der Waals surface area contributed by atoms with Gasteiger partial charge in [-0.15, -0.1) is 0 Å². The molecule has 84 valence electrons. The molecule has 0 amide bonds. The third-order valence-corrected chi connectivity index (χ3v) is 2.74. The van der Waals surface area contributed by atoms with Gasteiger partial charge in [-0.3, -0.25) is 4.79 Å². The summed E-state index contributed by atoms with van der Waals surface area (Å²) < 4.78 is 2.74. The van der Waals surface area contributed by atoms with Crippen LogP contribution in [0.4, 0.5) is 0 Å². The van der Waals surface area contributed by atoms with Gasteiger partial charge in [0.1, 0.15) is 0 Å². The fraction of sp³-hybridized carbons (Fsp3) is 0.545. The molecule has 0 aliphatic rings. The molecule has 1 aromatic rings. The van der Waals surface area contributed by atoms with E-state index in [2.05, 4.69) is 21.2 Å². The van der Waals surface area contributed by atoms with E-state index < -0.39 is 0 Å². The standard InChI is InChI=1S/C11H17BrN2O/c1-9-7-10(12)8-14(11(9)15)6-4-3-5-13-2/h7-8,13H,3-6H2,1-2H3. The normalized spacial score (nSPS) is 10.6. The van der Waals surface area contributed by atoms with Crippen molar-refractivity contribution >= 4 is 15.9 Å². The molecule has 1 rings (SSSR count). The molecule has 0 aliphatic heterocycles. The summed E-state index contributed by atoms with van der Waals surface area (Å²) in [5, 5.41) is 3.09. The second-order valence-electron chi connectivity index (χ2n) is 3.65. The molecule has 0 spiro atoms. The van der Waals surface area contributed by atoms with Crippen molar-refractivity contribution in [2.24, 2.45) is 0 Å². The van der Waals surface area contributed by atoms with E-state index in [-0.39, 0.29) is 5.56 Å². The number of rotatable bonds is 5. The van der Waals surface area contributed by atoms with Gasteiger partial charge in [-0.25, -0.2) is 0 Å². The molecule has 1 heterocycles. The van der Waals surface area contributed by atoms with Crippen molar-refractivity contribution in [2.75, 3.05) is 13.6 Å². The van der Waals surface area contributed by atoms with Crippen LogP contribution in [0.5, 0.6) is 0 Å². The molecule has 15 heavy (non-hydrogen) atoms. The van der Waals surface area contributed by atoms with E-state index >= 15 is 0 Å².